The fourth-order valence-corrected chi connectivity index (χ4v) is 4.82. The first-order valence-corrected chi connectivity index (χ1v) is 15.0. The van der Waals surface area contributed by atoms with Crippen LogP contribution in [0.4, 0.5) is 0 Å². The van der Waals surface area contributed by atoms with E-state index in [4.69, 9.17) is 22.9 Å². The molecule has 4 atom stereocenters. The molecular weight excluding hydrogens is 670 g/mol. The number of amides is 4. The quantitative estimate of drug-likeness (QED) is 0.0508. The number of H-pyrrole nitrogens is 2. The van der Waals surface area contributed by atoms with Gasteiger partial charge in [0.25, 0.3) is 0 Å². The summed E-state index contributed by atoms with van der Waals surface area (Å²) in [5.74, 6) is -5.24. The van der Waals surface area contributed by atoms with E-state index < -0.39 is 59.7 Å². The Kier molecular flexibility index (Phi) is 19.0. The predicted octanol–water partition coefficient (Wildman–Crippen LogP) is -8.92. The number of carbonyl (C=O) groups is 6. The average molecular weight is 709 g/mol. The zero-order valence-electron chi connectivity index (χ0n) is 27.9. The van der Waals surface area contributed by atoms with Crippen LogP contribution < -0.4 is 103 Å². The van der Waals surface area contributed by atoms with Gasteiger partial charge in [-0.1, -0.05) is 36.4 Å². The summed E-state index contributed by atoms with van der Waals surface area (Å²) >= 11 is 0. The van der Waals surface area contributed by atoms with Gasteiger partial charge in [0.15, 0.2) is 0 Å². The van der Waals surface area contributed by atoms with Crippen LogP contribution in [0.3, 0.4) is 0 Å². The molecule has 0 saturated carbocycles. The third-order valence-electron chi connectivity index (χ3n) is 7.53. The van der Waals surface area contributed by atoms with E-state index in [0.717, 1.165) is 32.9 Å². The molecular formula is C32H38N8Na2O8. The molecule has 2 aromatic heterocycles. The number of hydrogen-bond acceptors (Lipinski definition) is 10. The molecule has 2 heterocycles. The second kappa shape index (κ2) is 21.5. The van der Waals surface area contributed by atoms with Crippen LogP contribution >= 0.6 is 0 Å². The van der Waals surface area contributed by atoms with Crippen molar-refractivity contribution in [2.24, 2.45) is 22.9 Å². The second-order valence-corrected chi connectivity index (χ2v) is 11.1. The first-order chi connectivity index (χ1) is 22.8. The number of carboxylic acid groups (broad SMARTS) is 2. The SMILES string of the molecule is NC(=O)[C@H](N)CCC(=O)N[C@H](Cc1c[nH]c2ccccc12)C(=O)[O-].NC(=O)[C@H](N)CCC(=O)N[C@H](Cc1c[nH]c2ccccc12)C(=O)[O-].[Na+].[Na+]. The number of rotatable bonds is 16. The molecule has 4 amide bonds. The molecule has 18 heteroatoms. The van der Waals surface area contributed by atoms with Crippen molar-refractivity contribution in [3.05, 3.63) is 72.1 Å². The van der Waals surface area contributed by atoms with Gasteiger partial charge in [-0.05, 0) is 36.1 Å². The number of aromatic nitrogens is 2. The molecule has 0 aliphatic rings. The van der Waals surface area contributed by atoms with Crippen molar-refractivity contribution in [3.63, 3.8) is 0 Å². The van der Waals surface area contributed by atoms with Crippen molar-refractivity contribution in [2.45, 2.75) is 62.7 Å². The van der Waals surface area contributed by atoms with Gasteiger partial charge >= 0.3 is 59.1 Å². The van der Waals surface area contributed by atoms with Gasteiger partial charge in [0, 0.05) is 59.9 Å². The fraction of sp³-hybridized carbons (Fsp3) is 0.312. The van der Waals surface area contributed by atoms with Crippen molar-refractivity contribution >= 4 is 57.4 Å². The summed E-state index contributed by atoms with van der Waals surface area (Å²) in [6.45, 7) is 0. The number of primary amides is 2. The second-order valence-electron chi connectivity index (χ2n) is 11.1. The molecule has 0 radical (unpaired) electrons. The van der Waals surface area contributed by atoms with Crippen LogP contribution in [-0.4, -0.2) is 69.7 Å². The van der Waals surface area contributed by atoms with Crippen molar-refractivity contribution in [3.8, 4) is 0 Å². The molecule has 0 saturated heterocycles. The molecule has 0 fully saturated rings. The Hall–Kier alpha value is -3.74. The minimum Gasteiger partial charge on any atom is -0.548 e. The van der Waals surface area contributed by atoms with Gasteiger partial charge in [-0.3, -0.25) is 19.2 Å². The Morgan fingerprint density at radius 3 is 1.28 bits per heavy atom. The van der Waals surface area contributed by atoms with Crippen molar-refractivity contribution in [1.29, 1.82) is 0 Å². The zero-order valence-corrected chi connectivity index (χ0v) is 31.9. The number of nitrogens with one attached hydrogen (secondary N) is 4. The zero-order chi connectivity index (χ0) is 35.4. The number of hydrogen-bond donors (Lipinski definition) is 8. The van der Waals surface area contributed by atoms with E-state index in [1.54, 1.807) is 12.4 Å². The Labute approximate surface area is 331 Å². The summed E-state index contributed by atoms with van der Waals surface area (Å²) < 4.78 is 0. The molecule has 256 valence electrons. The van der Waals surface area contributed by atoms with E-state index >= 15 is 0 Å². The summed E-state index contributed by atoms with van der Waals surface area (Å²) in [5, 5.41) is 29.2. The van der Waals surface area contributed by atoms with Crippen LogP contribution in [0.5, 0.6) is 0 Å². The third kappa shape index (κ3) is 13.5. The van der Waals surface area contributed by atoms with Crippen LogP contribution in [0, 0.1) is 0 Å². The Morgan fingerprint density at radius 1 is 0.620 bits per heavy atom. The molecule has 0 aliphatic heterocycles. The van der Waals surface area contributed by atoms with Crippen LogP contribution in [0.2, 0.25) is 0 Å². The summed E-state index contributed by atoms with van der Waals surface area (Å²) in [6, 6.07) is 10.6. The minimum atomic E-state index is -1.38. The molecule has 12 N–H and O–H groups in total. The van der Waals surface area contributed by atoms with Gasteiger partial charge < -0.3 is 63.3 Å². The Balaban J connectivity index is 0.000000481. The average Bonchev–Trinajstić information content (AvgIpc) is 3.65. The fourth-order valence-electron chi connectivity index (χ4n) is 4.82. The topological polar surface area (TPSA) is 308 Å². The van der Waals surface area contributed by atoms with E-state index in [0.29, 0.717) is 0 Å². The van der Waals surface area contributed by atoms with Crippen LogP contribution in [-0.2, 0) is 41.6 Å². The van der Waals surface area contributed by atoms with Crippen molar-refractivity contribution < 1.29 is 98.1 Å². The monoisotopic (exact) mass is 708 g/mol. The Bertz CT molecular complexity index is 1650. The molecule has 4 aromatic rings. The van der Waals surface area contributed by atoms with E-state index in [1.165, 1.54) is 0 Å². The van der Waals surface area contributed by atoms with Crippen molar-refractivity contribution in [2.75, 3.05) is 0 Å². The number of carbonyl (C=O) groups excluding carboxylic acids is 6. The maximum absolute atomic E-state index is 11.9. The maximum Gasteiger partial charge on any atom is 1.00 e. The summed E-state index contributed by atoms with van der Waals surface area (Å²) in [5.41, 5.74) is 24.2. The van der Waals surface area contributed by atoms with Gasteiger partial charge in [-0.25, -0.2) is 0 Å². The van der Waals surface area contributed by atoms with E-state index in [-0.39, 0.29) is 97.6 Å². The Morgan fingerprint density at radius 2 is 0.960 bits per heavy atom. The smallest absolute Gasteiger partial charge is 0.548 e. The number of benzene rings is 2. The van der Waals surface area contributed by atoms with Crippen molar-refractivity contribution in [1.82, 2.24) is 20.6 Å². The molecule has 0 bridgehead atoms. The third-order valence-corrected chi connectivity index (χ3v) is 7.53. The number of aromatic amines is 2. The van der Waals surface area contributed by atoms with Crippen LogP contribution in [0.25, 0.3) is 21.8 Å². The van der Waals surface area contributed by atoms with Gasteiger partial charge in [-0.15, -0.1) is 0 Å². The molecule has 50 heavy (non-hydrogen) atoms. The molecule has 4 rings (SSSR count). The van der Waals surface area contributed by atoms with E-state index in [2.05, 4.69) is 20.6 Å². The number of para-hydroxylation sites is 2. The van der Waals surface area contributed by atoms with Gasteiger partial charge in [0.1, 0.15) is 0 Å². The molecule has 0 unspecified atom stereocenters. The van der Waals surface area contributed by atoms with Crippen LogP contribution in [0.15, 0.2) is 60.9 Å². The molecule has 0 aliphatic carbocycles. The standard InChI is InChI=1S/2C16H20N4O4.2Na/c2*17-11(15(18)22)5-6-14(21)20-13(16(23)24)7-9-8-19-12-4-2-1-3-10(9)12;;/h2*1-4,8,11,13,19H,5-7,17H2,(H2,18,22)(H,20,21)(H,23,24);;/q;;2*+1/p-2/t2*11-,13-;;/m11../s1. The molecule has 2 aromatic carbocycles. The molecule has 0 spiro atoms. The summed E-state index contributed by atoms with van der Waals surface area (Å²) in [7, 11) is 0. The summed E-state index contributed by atoms with van der Waals surface area (Å²) in [6.07, 6.45) is 3.48. The first-order valence-electron chi connectivity index (χ1n) is 15.0. The van der Waals surface area contributed by atoms with Crippen LogP contribution in [0.1, 0.15) is 36.8 Å². The minimum absolute atomic E-state index is 0. The van der Waals surface area contributed by atoms with E-state index in [1.807, 2.05) is 48.5 Å². The van der Waals surface area contributed by atoms with Gasteiger partial charge in [0.2, 0.25) is 23.6 Å². The maximum atomic E-state index is 11.9. The molecule has 16 nitrogen and oxygen atoms in total. The number of carboxylic acids is 2. The predicted molar refractivity (Wildman–Crippen MR) is 171 cm³/mol. The first kappa shape index (κ1) is 44.3. The van der Waals surface area contributed by atoms with Gasteiger partial charge in [0.05, 0.1) is 36.1 Å². The number of aliphatic carboxylic acids is 2. The van der Waals surface area contributed by atoms with E-state index in [9.17, 15) is 39.0 Å². The number of fused-ring (bicyclic) bond motifs is 2. The largest absolute Gasteiger partial charge is 1.00 e. The summed E-state index contributed by atoms with van der Waals surface area (Å²) in [4.78, 5) is 74.1. The number of nitrogens with two attached hydrogens (primary N) is 4. The normalized spacial score (nSPS) is 12.8. The van der Waals surface area contributed by atoms with Gasteiger partial charge in [-0.2, -0.15) is 0 Å².